The molecule has 6 rings (SSSR count). The van der Waals surface area contributed by atoms with Gasteiger partial charge in [-0.1, -0.05) is 41.4 Å². The lowest BCUT2D eigenvalue weighted by Gasteiger charge is -2.39. The Balaban J connectivity index is 1.39. The molecule has 0 spiro atoms. The van der Waals surface area contributed by atoms with Gasteiger partial charge in [0.1, 0.15) is 16.4 Å². The van der Waals surface area contributed by atoms with E-state index in [4.69, 9.17) is 30.8 Å². The van der Waals surface area contributed by atoms with E-state index in [1.165, 1.54) is 11.3 Å². The SMILES string of the molecule is COc1ccc(COC2(c3ncc(-c4c(Cl)c(S(=O)(=O)c5ccc(C)cc5)nc5[nH]c(I)cc45)s3)COC2)cc1. The van der Waals surface area contributed by atoms with Crippen molar-refractivity contribution in [3.8, 4) is 16.2 Å². The third-order valence-corrected chi connectivity index (χ3v) is 10.7. The van der Waals surface area contributed by atoms with Crippen molar-refractivity contribution < 1.29 is 22.6 Å². The summed E-state index contributed by atoms with van der Waals surface area (Å²) >= 11 is 10.4. The number of H-pyrrole nitrogens is 1. The molecule has 0 aliphatic carbocycles. The van der Waals surface area contributed by atoms with E-state index in [-0.39, 0.29) is 14.9 Å². The Bertz CT molecular complexity index is 1820. The van der Waals surface area contributed by atoms with Gasteiger partial charge in [-0.3, -0.25) is 0 Å². The van der Waals surface area contributed by atoms with Crippen LogP contribution in [0.5, 0.6) is 5.75 Å². The molecule has 0 saturated carbocycles. The van der Waals surface area contributed by atoms with Crippen molar-refractivity contribution in [1.29, 1.82) is 0 Å². The fourth-order valence-corrected chi connectivity index (χ4v) is 7.95. The Morgan fingerprint density at radius 3 is 2.52 bits per heavy atom. The predicted molar refractivity (Wildman–Crippen MR) is 162 cm³/mol. The molecular formula is C28H23ClIN3O5S2. The van der Waals surface area contributed by atoms with Crippen LogP contribution < -0.4 is 4.74 Å². The van der Waals surface area contributed by atoms with Gasteiger partial charge in [-0.2, -0.15) is 0 Å². The van der Waals surface area contributed by atoms with E-state index >= 15 is 0 Å². The van der Waals surface area contributed by atoms with Crippen molar-refractivity contribution in [3.05, 3.63) is 85.7 Å². The number of rotatable bonds is 8. The van der Waals surface area contributed by atoms with Gasteiger partial charge >= 0.3 is 0 Å². The number of hydrogen-bond acceptors (Lipinski definition) is 8. The first kappa shape index (κ1) is 27.6. The first-order valence-corrected chi connectivity index (χ1v) is 16.0. The van der Waals surface area contributed by atoms with E-state index in [9.17, 15) is 8.42 Å². The molecule has 12 heteroatoms. The smallest absolute Gasteiger partial charge is 0.225 e. The summed E-state index contributed by atoms with van der Waals surface area (Å²) in [5.74, 6) is 0.777. The number of nitrogens with one attached hydrogen (secondary N) is 1. The van der Waals surface area contributed by atoms with Crippen LogP contribution in [-0.2, 0) is 31.5 Å². The van der Waals surface area contributed by atoms with Gasteiger partial charge in [0.2, 0.25) is 9.84 Å². The van der Waals surface area contributed by atoms with Crippen molar-refractivity contribution in [2.75, 3.05) is 20.3 Å². The molecule has 0 unspecified atom stereocenters. The zero-order valence-electron chi connectivity index (χ0n) is 21.4. The van der Waals surface area contributed by atoms with E-state index in [0.29, 0.717) is 41.3 Å². The number of nitrogens with zero attached hydrogens (tertiary/aromatic N) is 2. The van der Waals surface area contributed by atoms with E-state index in [0.717, 1.165) is 25.6 Å². The number of ether oxygens (including phenoxy) is 3. The Morgan fingerprint density at radius 1 is 1.15 bits per heavy atom. The van der Waals surface area contributed by atoms with E-state index in [1.54, 1.807) is 37.6 Å². The molecule has 5 aromatic rings. The van der Waals surface area contributed by atoms with Crippen molar-refractivity contribution in [2.45, 2.75) is 29.1 Å². The average molecular weight is 708 g/mol. The molecule has 0 atom stereocenters. The van der Waals surface area contributed by atoms with E-state index in [1.807, 2.05) is 37.3 Å². The minimum atomic E-state index is -3.99. The number of hydrogen-bond donors (Lipinski definition) is 1. The monoisotopic (exact) mass is 707 g/mol. The molecule has 4 heterocycles. The molecule has 3 aromatic heterocycles. The predicted octanol–water partition coefficient (Wildman–Crippen LogP) is 6.54. The quantitative estimate of drug-likeness (QED) is 0.183. The number of aryl methyl sites for hydroxylation is 1. The van der Waals surface area contributed by atoms with Crippen molar-refractivity contribution in [1.82, 2.24) is 15.0 Å². The van der Waals surface area contributed by atoms with Gasteiger partial charge in [-0.05, 0) is 65.4 Å². The highest BCUT2D eigenvalue weighted by Gasteiger charge is 2.45. The molecule has 1 aliphatic heterocycles. The summed E-state index contributed by atoms with van der Waals surface area (Å²) in [5.41, 5.74) is 2.24. The van der Waals surface area contributed by atoms with Crippen LogP contribution in [0, 0.1) is 10.6 Å². The zero-order valence-corrected chi connectivity index (χ0v) is 25.9. The van der Waals surface area contributed by atoms with Crippen molar-refractivity contribution in [2.24, 2.45) is 0 Å². The molecule has 0 bridgehead atoms. The summed E-state index contributed by atoms with van der Waals surface area (Å²) in [7, 11) is -2.36. The van der Waals surface area contributed by atoms with Crippen LogP contribution in [-0.4, -0.2) is 43.7 Å². The van der Waals surface area contributed by atoms with E-state index in [2.05, 4.69) is 32.6 Å². The Hall–Kier alpha value is -2.55. The first-order valence-electron chi connectivity index (χ1n) is 12.2. The summed E-state index contributed by atoms with van der Waals surface area (Å²) in [6.07, 6.45) is 1.71. The lowest BCUT2D eigenvalue weighted by atomic mass is 10.0. The normalized spacial score (nSPS) is 14.8. The number of aromatic nitrogens is 3. The third-order valence-electron chi connectivity index (χ3n) is 6.73. The number of pyridine rings is 1. The fourth-order valence-electron chi connectivity index (χ4n) is 4.41. The molecule has 0 radical (unpaired) electrons. The number of sulfone groups is 1. The molecule has 1 saturated heterocycles. The van der Waals surface area contributed by atoms with Crippen LogP contribution in [0.4, 0.5) is 0 Å². The second-order valence-corrected chi connectivity index (χ2v) is 13.9. The number of methoxy groups -OCH3 is 1. The topological polar surface area (TPSA) is 103 Å². The lowest BCUT2D eigenvalue weighted by molar-refractivity contribution is -0.222. The molecule has 206 valence electrons. The molecular weight excluding hydrogens is 685 g/mol. The summed E-state index contributed by atoms with van der Waals surface area (Å²) in [6, 6.07) is 16.2. The molecule has 40 heavy (non-hydrogen) atoms. The standard InChI is InChI=1S/C28H23ClIN3O5S2/c1-16-3-9-19(10-4-16)40(34,35)26-24(29)23(20-11-22(30)32-25(20)33-26)21-12-31-27(39-21)28(14-37-15-28)38-13-17-5-7-18(36-2)8-6-17/h3-12H,13-15H2,1-2H3,(H,32,33). The number of fused-ring (bicyclic) bond motifs is 1. The Labute approximate surface area is 253 Å². The van der Waals surface area contributed by atoms with Crippen molar-refractivity contribution in [3.63, 3.8) is 0 Å². The van der Waals surface area contributed by atoms with Gasteiger partial charge in [-0.15, -0.1) is 11.3 Å². The van der Waals surface area contributed by atoms with Gasteiger partial charge in [-0.25, -0.2) is 18.4 Å². The van der Waals surface area contributed by atoms with E-state index < -0.39 is 15.4 Å². The largest absolute Gasteiger partial charge is 0.497 e. The highest BCUT2D eigenvalue weighted by Crippen LogP contribution is 2.45. The maximum Gasteiger partial charge on any atom is 0.225 e. The van der Waals surface area contributed by atoms with Crippen LogP contribution >= 0.6 is 45.5 Å². The van der Waals surface area contributed by atoms with Gasteiger partial charge in [0.25, 0.3) is 0 Å². The van der Waals surface area contributed by atoms with Gasteiger partial charge < -0.3 is 19.2 Å². The van der Waals surface area contributed by atoms with Crippen LogP contribution in [0.3, 0.4) is 0 Å². The Kier molecular flexibility index (Phi) is 7.38. The second kappa shape index (κ2) is 10.7. The van der Waals surface area contributed by atoms with Gasteiger partial charge in [0.15, 0.2) is 10.6 Å². The summed E-state index contributed by atoms with van der Waals surface area (Å²) in [4.78, 5) is 13.1. The van der Waals surface area contributed by atoms with Crippen LogP contribution in [0.1, 0.15) is 16.1 Å². The third kappa shape index (κ3) is 4.92. The minimum absolute atomic E-state index is 0.0525. The van der Waals surface area contributed by atoms with Crippen LogP contribution in [0.2, 0.25) is 5.02 Å². The maximum atomic E-state index is 13.7. The highest BCUT2D eigenvalue weighted by atomic mass is 127. The molecule has 8 nitrogen and oxygen atoms in total. The second-order valence-electron chi connectivity index (χ2n) is 9.46. The zero-order chi connectivity index (χ0) is 28.1. The van der Waals surface area contributed by atoms with Gasteiger partial charge in [0.05, 0.1) is 45.4 Å². The van der Waals surface area contributed by atoms with Crippen molar-refractivity contribution >= 4 is 66.4 Å². The average Bonchev–Trinajstić information content (AvgIpc) is 3.55. The highest BCUT2D eigenvalue weighted by molar-refractivity contribution is 14.1. The fraction of sp³-hybridized carbons (Fsp3) is 0.214. The summed E-state index contributed by atoms with van der Waals surface area (Å²) in [5, 5.41) is 1.30. The number of aromatic amines is 1. The number of thiazole rings is 1. The molecule has 0 amide bonds. The molecule has 1 N–H and O–H groups in total. The van der Waals surface area contributed by atoms with Crippen LogP contribution in [0.25, 0.3) is 21.5 Å². The first-order chi connectivity index (χ1) is 19.2. The van der Waals surface area contributed by atoms with Crippen LogP contribution in [0.15, 0.2) is 70.7 Å². The molecule has 1 fully saturated rings. The number of halogens is 2. The molecule has 2 aromatic carbocycles. The maximum absolute atomic E-state index is 13.7. The minimum Gasteiger partial charge on any atom is -0.497 e. The van der Waals surface area contributed by atoms with Gasteiger partial charge in [0, 0.05) is 17.1 Å². The summed E-state index contributed by atoms with van der Waals surface area (Å²) < 4.78 is 45.3. The Morgan fingerprint density at radius 2 is 1.88 bits per heavy atom. The molecule has 1 aliphatic rings. The summed E-state index contributed by atoms with van der Waals surface area (Å²) in [6.45, 7) is 3.00. The lowest BCUT2D eigenvalue weighted by Crippen LogP contribution is -2.48. The number of benzene rings is 2.